The summed E-state index contributed by atoms with van der Waals surface area (Å²) in [6.07, 6.45) is 8.40. The standard InChI is InChI=1S/C13H10N2/c1-2-4-11-8-13-12(7-10(11)3-1)9-14-5-6-15-13/h1-6,8-9H,7H2. The van der Waals surface area contributed by atoms with Crippen molar-refractivity contribution in [2.75, 3.05) is 0 Å². The lowest BCUT2D eigenvalue weighted by Gasteiger charge is -2.15. The van der Waals surface area contributed by atoms with Crippen LogP contribution in [0.2, 0.25) is 0 Å². The highest BCUT2D eigenvalue weighted by atomic mass is 14.8. The molecule has 1 aromatic rings. The fourth-order valence-electron chi connectivity index (χ4n) is 1.89. The van der Waals surface area contributed by atoms with Crippen molar-refractivity contribution < 1.29 is 0 Å². The highest BCUT2D eigenvalue weighted by Gasteiger charge is 2.14. The van der Waals surface area contributed by atoms with Crippen molar-refractivity contribution >= 4 is 18.5 Å². The van der Waals surface area contributed by atoms with Crippen molar-refractivity contribution in [2.24, 2.45) is 9.98 Å². The van der Waals surface area contributed by atoms with Gasteiger partial charge in [-0.15, -0.1) is 0 Å². The SMILES string of the molecule is C1=NC=C2Cc3ccccc3C=C2N=C1. The monoisotopic (exact) mass is 194 g/mol. The summed E-state index contributed by atoms with van der Waals surface area (Å²) in [6.45, 7) is 0. The second-order valence-corrected chi connectivity index (χ2v) is 3.64. The predicted octanol–water partition coefficient (Wildman–Crippen LogP) is 2.62. The van der Waals surface area contributed by atoms with Gasteiger partial charge in [-0.1, -0.05) is 24.3 Å². The maximum Gasteiger partial charge on any atom is 0.0687 e. The van der Waals surface area contributed by atoms with Crippen LogP contribution in [-0.2, 0) is 6.42 Å². The quantitative estimate of drug-likeness (QED) is 0.606. The summed E-state index contributed by atoms with van der Waals surface area (Å²) in [4.78, 5) is 8.51. The van der Waals surface area contributed by atoms with Crippen molar-refractivity contribution in [3.05, 3.63) is 52.9 Å². The van der Waals surface area contributed by atoms with Gasteiger partial charge >= 0.3 is 0 Å². The van der Waals surface area contributed by atoms with Crippen LogP contribution in [-0.4, -0.2) is 12.4 Å². The lowest BCUT2D eigenvalue weighted by molar-refractivity contribution is 1.10. The molecule has 0 bridgehead atoms. The summed E-state index contributed by atoms with van der Waals surface area (Å²) >= 11 is 0. The fraction of sp³-hybridized carbons (Fsp3) is 0.0769. The molecule has 0 saturated heterocycles. The molecular weight excluding hydrogens is 184 g/mol. The summed E-state index contributed by atoms with van der Waals surface area (Å²) in [5, 5.41) is 0. The van der Waals surface area contributed by atoms with E-state index in [4.69, 9.17) is 0 Å². The lowest BCUT2D eigenvalue weighted by atomic mass is 9.92. The molecule has 3 rings (SSSR count). The molecule has 0 amide bonds. The molecule has 1 heterocycles. The summed E-state index contributed by atoms with van der Waals surface area (Å²) in [5.41, 5.74) is 4.84. The Morgan fingerprint density at radius 3 is 3.00 bits per heavy atom. The third-order valence-corrected chi connectivity index (χ3v) is 2.65. The van der Waals surface area contributed by atoms with E-state index in [1.807, 2.05) is 6.20 Å². The van der Waals surface area contributed by atoms with Gasteiger partial charge < -0.3 is 0 Å². The molecule has 0 spiro atoms. The van der Waals surface area contributed by atoms with Gasteiger partial charge in [0, 0.05) is 30.6 Å². The average molecular weight is 194 g/mol. The fourth-order valence-corrected chi connectivity index (χ4v) is 1.89. The molecule has 1 aliphatic carbocycles. The summed E-state index contributed by atoms with van der Waals surface area (Å²) < 4.78 is 0. The topological polar surface area (TPSA) is 24.7 Å². The first-order valence-corrected chi connectivity index (χ1v) is 4.98. The van der Waals surface area contributed by atoms with Gasteiger partial charge in [0.25, 0.3) is 0 Å². The van der Waals surface area contributed by atoms with E-state index in [0.29, 0.717) is 0 Å². The molecule has 0 N–H and O–H groups in total. The molecule has 0 atom stereocenters. The minimum Gasteiger partial charge on any atom is -0.263 e. The number of aliphatic imine (C=N–C) groups is 2. The van der Waals surface area contributed by atoms with Gasteiger partial charge in [0.1, 0.15) is 0 Å². The van der Waals surface area contributed by atoms with Gasteiger partial charge in [0.05, 0.1) is 5.70 Å². The van der Waals surface area contributed by atoms with Gasteiger partial charge in [0.2, 0.25) is 0 Å². The van der Waals surface area contributed by atoms with E-state index in [-0.39, 0.29) is 0 Å². The van der Waals surface area contributed by atoms with Crippen LogP contribution in [0.25, 0.3) is 6.08 Å². The third kappa shape index (κ3) is 1.44. The second-order valence-electron chi connectivity index (χ2n) is 3.64. The van der Waals surface area contributed by atoms with Crippen molar-refractivity contribution in [1.29, 1.82) is 0 Å². The molecule has 0 radical (unpaired) electrons. The number of rotatable bonds is 0. The molecular formula is C13H10N2. The molecule has 0 fully saturated rings. The molecule has 2 heteroatoms. The Kier molecular flexibility index (Phi) is 1.85. The largest absolute Gasteiger partial charge is 0.263 e. The van der Waals surface area contributed by atoms with Crippen LogP contribution in [0.4, 0.5) is 0 Å². The maximum absolute atomic E-state index is 4.36. The van der Waals surface area contributed by atoms with E-state index in [1.54, 1.807) is 12.4 Å². The molecule has 0 aromatic heterocycles. The van der Waals surface area contributed by atoms with Gasteiger partial charge in [-0.05, 0) is 17.2 Å². The molecule has 2 aliphatic rings. The number of benzene rings is 1. The number of allylic oxidation sites excluding steroid dienone is 1. The van der Waals surface area contributed by atoms with Gasteiger partial charge in [0.15, 0.2) is 0 Å². The molecule has 15 heavy (non-hydrogen) atoms. The Bertz CT molecular complexity index is 519. The van der Waals surface area contributed by atoms with Crippen LogP contribution >= 0.6 is 0 Å². The van der Waals surface area contributed by atoms with E-state index in [2.05, 4.69) is 40.3 Å². The second kappa shape index (κ2) is 3.31. The van der Waals surface area contributed by atoms with Crippen molar-refractivity contribution in [1.82, 2.24) is 0 Å². The Hall–Kier alpha value is -1.96. The average Bonchev–Trinajstić information content (AvgIpc) is 2.50. The van der Waals surface area contributed by atoms with Gasteiger partial charge in [-0.2, -0.15) is 0 Å². The maximum atomic E-state index is 4.36. The zero-order valence-electron chi connectivity index (χ0n) is 8.22. The number of hydrogen-bond acceptors (Lipinski definition) is 2. The Morgan fingerprint density at radius 1 is 1.07 bits per heavy atom. The molecule has 72 valence electrons. The van der Waals surface area contributed by atoms with E-state index < -0.39 is 0 Å². The van der Waals surface area contributed by atoms with Crippen LogP contribution in [0.1, 0.15) is 11.1 Å². The Balaban J connectivity index is 2.17. The molecule has 0 saturated carbocycles. The Labute approximate surface area is 88.4 Å². The minimum atomic E-state index is 0.927. The van der Waals surface area contributed by atoms with Gasteiger partial charge in [-0.25, -0.2) is 0 Å². The Morgan fingerprint density at radius 2 is 2.00 bits per heavy atom. The van der Waals surface area contributed by atoms with Crippen LogP contribution in [0.15, 0.2) is 51.7 Å². The van der Waals surface area contributed by atoms with Crippen LogP contribution < -0.4 is 0 Å². The number of fused-ring (bicyclic) bond motifs is 2. The lowest BCUT2D eigenvalue weighted by Crippen LogP contribution is -2.01. The molecule has 1 aromatic carbocycles. The van der Waals surface area contributed by atoms with Crippen molar-refractivity contribution in [3.8, 4) is 0 Å². The van der Waals surface area contributed by atoms with Crippen molar-refractivity contribution in [3.63, 3.8) is 0 Å². The zero-order chi connectivity index (χ0) is 10.1. The van der Waals surface area contributed by atoms with Crippen LogP contribution in [0, 0.1) is 0 Å². The third-order valence-electron chi connectivity index (χ3n) is 2.65. The van der Waals surface area contributed by atoms with Crippen molar-refractivity contribution in [2.45, 2.75) is 6.42 Å². The highest BCUT2D eigenvalue weighted by molar-refractivity contribution is 6.17. The summed E-state index contributed by atoms with van der Waals surface area (Å²) in [5.74, 6) is 0. The van der Waals surface area contributed by atoms with E-state index >= 15 is 0 Å². The van der Waals surface area contributed by atoms with E-state index in [0.717, 1.165) is 12.1 Å². The normalized spacial score (nSPS) is 17.3. The summed E-state index contributed by atoms with van der Waals surface area (Å²) in [6, 6.07) is 8.41. The zero-order valence-corrected chi connectivity index (χ0v) is 8.22. The first-order chi connectivity index (χ1) is 7.43. The van der Waals surface area contributed by atoms with Gasteiger partial charge in [-0.3, -0.25) is 9.98 Å². The first kappa shape index (κ1) is 8.36. The van der Waals surface area contributed by atoms with Crippen LogP contribution in [0.5, 0.6) is 0 Å². The molecule has 1 aliphatic heterocycles. The first-order valence-electron chi connectivity index (χ1n) is 4.98. The van der Waals surface area contributed by atoms with Crippen LogP contribution in [0.3, 0.4) is 0 Å². The van der Waals surface area contributed by atoms with E-state index in [9.17, 15) is 0 Å². The smallest absolute Gasteiger partial charge is 0.0687 e. The summed E-state index contributed by atoms with van der Waals surface area (Å²) in [7, 11) is 0. The number of nitrogens with zero attached hydrogens (tertiary/aromatic N) is 2. The molecule has 0 unspecified atom stereocenters. The predicted molar refractivity (Wildman–Crippen MR) is 63.2 cm³/mol. The van der Waals surface area contributed by atoms with E-state index in [1.165, 1.54) is 16.7 Å². The number of hydrogen-bond donors (Lipinski definition) is 0. The highest BCUT2D eigenvalue weighted by Crippen LogP contribution is 2.28. The molecule has 2 nitrogen and oxygen atoms in total. The minimum absolute atomic E-state index is 0.927.